The molecule has 2 heterocycles. The molecule has 12 heteroatoms. The average Bonchev–Trinajstić information content (AvgIpc) is 3.07. The summed E-state index contributed by atoms with van der Waals surface area (Å²) in [4.78, 5) is 1.47. The van der Waals surface area contributed by atoms with E-state index in [1.165, 1.54) is 6.07 Å². The van der Waals surface area contributed by atoms with Gasteiger partial charge in [0.05, 0.1) is 31.2 Å². The molecule has 1 aliphatic rings. The van der Waals surface area contributed by atoms with E-state index in [0.717, 1.165) is 18.4 Å². The van der Waals surface area contributed by atoms with Gasteiger partial charge >= 0.3 is 0 Å². The first kappa shape index (κ1) is 22.7. The van der Waals surface area contributed by atoms with Crippen LogP contribution in [-0.2, 0) is 24.8 Å². The third-order valence-corrected chi connectivity index (χ3v) is 6.63. The van der Waals surface area contributed by atoms with Gasteiger partial charge < -0.3 is 9.15 Å². The van der Waals surface area contributed by atoms with E-state index in [1.807, 2.05) is 4.90 Å². The number of sulfonamides is 2. The fourth-order valence-corrected chi connectivity index (χ4v) is 4.84. The molecule has 0 spiro atoms. The van der Waals surface area contributed by atoms with Crippen LogP contribution in [0.15, 0.2) is 39.6 Å². The Bertz CT molecular complexity index is 1090. The van der Waals surface area contributed by atoms with Gasteiger partial charge in [0.2, 0.25) is 20.0 Å². The van der Waals surface area contributed by atoms with Crippen molar-refractivity contribution in [2.24, 2.45) is 0 Å². The predicted octanol–water partition coefficient (Wildman–Crippen LogP) is 1.45. The maximum absolute atomic E-state index is 14.4. The lowest BCUT2D eigenvalue weighted by atomic mass is 10.2. The number of morpholine rings is 1. The lowest BCUT2D eigenvalue weighted by Crippen LogP contribution is -2.43. The quantitative estimate of drug-likeness (QED) is 0.611. The summed E-state index contributed by atoms with van der Waals surface area (Å²) in [5.74, 6) is 0.240. The number of halogens is 1. The van der Waals surface area contributed by atoms with Crippen LogP contribution in [0.5, 0.6) is 0 Å². The first-order valence-corrected chi connectivity index (χ1v) is 12.6. The summed E-state index contributed by atoms with van der Waals surface area (Å²) in [6.45, 7) is 4.01. The van der Waals surface area contributed by atoms with Crippen LogP contribution in [-0.4, -0.2) is 60.8 Å². The van der Waals surface area contributed by atoms with E-state index >= 15 is 0 Å². The molecular formula is C18H24FN3O6S2. The molecule has 0 bridgehead atoms. The highest BCUT2D eigenvalue weighted by Crippen LogP contribution is 2.25. The van der Waals surface area contributed by atoms with Crippen molar-refractivity contribution in [1.29, 1.82) is 0 Å². The number of nitrogens with one attached hydrogen (secondary N) is 2. The van der Waals surface area contributed by atoms with Crippen molar-refractivity contribution in [3.05, 3.63) is 47.7 Å². The minimum Gasteiger partial charge on any atom is -0.465 e. The molecule has 1 atom stereocenters. The Morgan fingerprint density at radius 1 is 1.13 bits per heavy atom. The summed E-state index contributed by atoms with van der Waals surface area (Å²) >= 11 is 0. The molecule has 2 aromatic rings. The maximum Gasteiger partial charge on any atom is 0.243 e. The number of aryl methyl sites for hydroxylation is 1. The van der Waals surface area contributed by atoms with Crippen molar-refractivity contribution >= 4 is 25.7 Å². The lowest BCUT2D eigenvalue weighted by Gasteiger charge is -2.33. The zero-order valence-electron chi connectivity index (χ0n) is 16.6. The number of benzene rings is 1. The van der Waals surface area contributed by atoms with Crippen LogP contribution in [0.25, 0.3) is 0 Å². The molecule has 0 amide bonds. The van der Waals surface area contributed by atoms with Crippen molar-refractivity contribution in [2.75, 3.05) is 43.8 Å². The SMILES string of the molecule is Cc1ccc([C@@H](CNS(=O)(=O)c2ccc(NS(C)(=O)=O)cc2F)N2CCOCC2)o1. The average molecular weight is 462 g/mol. The molecular weight excluding hydrogens is 437 g/mol. The molecule has 1 aromatic heterocycles. The highest BCUT2D eigenvalue weighted by molar-refractivity contribution is 7.92. The van der Waals surface area contributed by atoms with E-state index < -0.39 is 30.8 Å². The molecule has 30 heavy (non-hydrogen) atoms. The highest BCUT2D eigenvalue weighted by Gasteiger charge is 2.28. The van der Waals surface area contributed by atoms with Gasteiger partial charge in [0.15, 0.2) is 0 Å². The van der Waals surface area contributed by atoms with Gasteiger partial charge in [0.25, 0.3) is 0 Å². The Labute approximate surface area is 175 Å². The molecule has 166 valence electrons. The Morgan fingerprint density at radius 2 is 1.83 bits per heavy atom. The normalized spacial score (nSPS) is 17.0. The van der Waals surface area contributed by atoms with Gasteiger partial charge in [0.1, 0.15) is 22.2 Å². The largest absolute Gasteiger partial charge is 0.465 e. The van der Waals surface area contributed by atoms with Crippen molar-refractivity contribution in [2.45, 2.75) is 17.9 Å². The Kier molecular flexibility index (Phi) is 6.82. The van der Waals surface area contributed by atoms with Crippen molar-refractivity contribution in [3.63, 3.8) is 0 Å². The van der Waals surface area contributed by atoms with Crippen LogP contribution in [0.3, 0.4) is 0 Å². The fourth-order valence-electron chi connectivity index (χ4n) is 3.19. The number of hydrogen-bond donors (Lipinski definition) is 2. The molecule has 0 unspecified atom stereocenters. The standard InChI is InChI=1S/C18H24FN3O6S2/c1-13-3-5-17(28-13)16(22-7-9-27-10-8-22)12-20-30(25,26)18-6-4-14(11-15(18)19)21-29(2,23)24/h3-6,11,16,20-21H,7-10,12H2,1-2H3/t16-/m1/s1. The van der Waals surface area contributed by atoms with Crippen LogP contribution < -0.4 is 9.44 Å². The minimum atomic E-state index is -4.19. The van der Waals surface area contributed by atoms with E-state index in [-0.39, 0.29) is 18.3 Å². The Balaban J connectivity index is 1.79. The van der Waals surface area contributed by atoms with E-state index in [2.05, 4.69) is 9.44 Å². The molecule has 9 nitrogen and oxygen atoms in total. The minimum absolute atomic E-state index is 0.0297. The van der Waals surface area contributed by atoms with Gasteiger partial charge in [-0.3, -0.25) is 9.62 Å². The first-order chi connectivity index (χ1) is 14.0. The number of nitrogens with zero attached hydrogens (tertiary/aromatic N) is 1. The van der Waals surface area contributed by atoms with Crippen LogP contribution in [0.4, 0.5) is 10.1 Å². The zero-order chi connectivity index (χ0) is 21.9. The Morgan fingerprint density at radius 3 is 2.40 bits per heavy atom. The van der Waals surface area contributed by atoms with Crippen LogP contribution >= 0.6 is 0 Å². The first-order valence-electron chi connectivity index (χ1n) is 9.20. The van der Waals surface area contributed by atoms with Gasteiger partial charge in [-0.2, -0.15) is 0 Å². The summed E-state index contributed by atoms with van der Waals surface area (Å²) in [6, 6.07) is 6.23. The molecule has 2 N–H and O–H groups in total. The smallest absolute Gasteiger partial charge is 0.243 e. The van der Waals surface area contributed by atoms with E-state index in [4.69, 9.17) is 9.15 Å². The van der Waals surface area contributed by atoms with E-state index in [9.17, 15) is 21.2 Å². The molecule has 3 rings (SSSR count). The zero-order valence-corrected chi connectivity index (χ0v) is 18.2. The second-order valence-corrected chi connectivity index (χ2v) is 10.5. The van der Waals surface area contributed by atoms with E-state index in [1.54, 1.807) is 19.1 Å². The fraction of sp³-hybridized carbons (Fsp3) is 0.444. The lowest BCUT2D eigenvalue weighted by molar-refractivity contribution is 0.0127. The summed E-state index contributed by atoms with van der Waals surface area (Å²) in [6.07, 6.45) is 0.916. The third-order valence-electron chi connectivity index (χ3n) is 4.57. The number of hydrogen-bond acceptors (Lipinski definition) is 7. The molecule has 1 fully saturated rings. The number of anilines is 1. The van der Waals surface area contributed by atoms with Crippen molar-refractivity contribution < 1.29 is 30.4 Å². The Hall–Kier alpha value is -1.99. The second-order valence-electron chi connectivity index (χ2n) is 6.98. The van der Waals surface area contributed by atoms with Gasteiger partial charge in [-0.25, -0.2) is 25.9 Å². The van der Waals surface area contributed by atoms with Crippen molar-refractivity contribution in [1.82, 2.24) is 9.62 Å². The molecule has 1 aromatic carbocycles. The van der Waals surface area contributed by atoms with Gasteiger partial charge in [-0.05, 0) is 37.3 Å². The van der Waals surface area contributed by atoms with Crippen LogP contribution in [0, 0.1) is 12.7 Å². The monoisotopic (exact) mass is 461 g/mol. The summed E-state index contributed by atoms with van der Waals surface area (Å²) in [7, 11) is -7.80. The van der Waals surface area contributed by atoms with Gasteiger partial charge in [-0.15, -0.1) is 0 Å². The van der Waals surface area contributed by atoms with Gasteiger partial charge in [-0.1, -0.05) is 0 Å². The molecule has 1 aliphatic heterocycles. The second kappa shape index (κ2) is 9.02. The molecule has 0 radical (unpaired) electrons. The van der Waals surface area contributed by atoms with Gasteiger partial charge in [0, 0.05) is 19.6 Å². The maximum atomic E-state index is 14.4. The number of furan rings is 1. The predicted molar refractivity (Wildman–Crippen MR) is 109 cm³/mol. The number of ether oxygens (including phenoxy) is 1. The summed E-state index contributed by atoms with van der Waals surface area (Å²) < 4.78 is 78.0. The number of rotatable bonds is 8. The molecule has 0 saturated carbocycles. The van der Waals surface area contributed by atoms with Crippen LogP contribution in [0.1, 0.15) is 17.6 Å². The molecule has 1 saturated heterocycles. The molecule has 0 aliphatic carbocycles. The summed E-state index contributed by atoms with van der Waals surface area (Å²) in [5.41, 5.74) is -0.0637. The highest BCUT2D eigenvalue weighted by atomic mass is 32.2. The summed E-state index contributed by atoms with van der Waals surface area (Å²) in [5, 5.41) is 0. The van der Waals surface area contributed by atoms with Crippen LogP contribution in [0.2, 0.25) is 0 Å². The van der Waals surface area contributed by atoms with Crippen molar-refractivity contribution in [3.8, 4) is 0 Å². The third kappa shape index (κ3) is 5.79. The van der Waals surface area contributed by atoms with E-state index in [0.29, 0.717) is 37.8 Å². The topological polar surface area (TPSA) is 118 Å².